The van der Waals surface area contributed by atoms with Gasteiger partial charge in [0.25, 0.3) is 5.91 Å². The Morgan fingerprint density at radius 1 is 1.69 bits per heavy atom. The summed E-state index contributed by atoms with van der Waals surface area (Å²) in [6, 6.07) is 1.63. The largest absolute Gasteiger partial charge is 0.452 e. The summed E-state index contributed by atoms with van der Waals surface area (Å²) in [4.78, 5) is 11.1. The minimum Gasteiger partial charge on any atom is -0.452 e. The van der Waals surface area contributed by atoms with Crippen molar-refractivity contribution in [2.75, 3.05) is 7.05 Å². The Kier molecular flexibility index (Phi) is 2.69. The maximum Gasteiger partial charge on any atom is 0.286 e. The van der Waals surface area contributed by atoms with Crippen LogP contribution in [0.2, 0.25) is 0 Å². The van der Waals surface area contributed by atoms with Gasteiger partial charge in [-0.15, -0.1) is 0 Å². The van der Waals surface area contributed by atoms with Crippen molar-refractivity contribution >= 4 is 18.6 Å². The number of carbonyl (C=O) groups is 1. The molecule has 3 nitrogen and oxygen atoms in total. The Morgan fingerprint density at radius 3 is 2.92 bits per heavy atom. The fourth-order valence-corrected chi connectivity index (χ4v) is 0.946. The minimum absolute atomic E-state index is 0.256. The van der Waals surface area contributed by atoms with Crippen molar-refractivity contribution < 1.29 is 9.21 Å². The van der Waals surface area contributed by atoms with Gasteiger partial charge < -0.3 is 9.73 Å². The molecule has 0 bridgehead atoms. The van der Waals surface area contributed by atoms with Gasteiger partial charge in [-0.25, -0.2) is 0 Å². The zero-order chi connectivity index (χ0) is 9.84. The highest BCUT2D eigenvalue weighted by Gasteiger charge is 2.06. The average molecular weight is 177 g/mol. The molecular formula is C10H11NO2. The number of hydrogen-bond acceptors (Lipinski definition) is 2. The Hall–Kier alpha value is -1.77. The maximum absolute atomic E-state index is 11.1. The predicted molar refractivity (Wildman–Crippen MR) is 51.5 cm³/mol. The van der Waals surface area contributed by atoms with Crippen molar-refractivity contribution in [3.05, 3.63) is 35.1 Å². The molecule has 1 rings (SSSR count). The van der Waals surface area contributed by atoms with Crippen LogP contribution in [0.1, 0.15) is 10.6 Å². The van der Waals surface area contributed by atoms with E-state index in [1.807, 2.05) is 0 Å². The molecule has 0 radical (unpaired) electrons. The molecule has 3 heteroatoms. The first-order chi connectivity index (χ1) is 6.19. The van der Waals surface area contributed by atoms with Crippen molar-refractivity contribution in [1.82, 2.24) is 5.32 Å². The molecular weight excluding hydrogens is 166 g/mol. The van der Waals surface area contributed by atoms with Gasteiger partial charge >= 0.3 is 0 Å². The smallest absolute Gasteiger partial charge is 0.286 e. The van der Waals surface area contributed by atoms with Gasteiger partial charge in [0, 0.05) is 12.3 Å². The highest BCUT2D eigenvalue weighted by molar-refractivity contribution is 5.91. The van der Waals surface area contributed by atoms with Gasteiger partial charge in [0.05, 0.1) is 0 Å². The van der Waals surface area contributed by atoms with Crippen molar-refractivity contribution in [1.29, 1.82) is 0 Å². The van der Waals surface area contributed by atoms with Crippen molar-refractivity contribution in [3.8, 4) is 0 Å². The zero-order valence-electron chi connectivity index (χ0n) is 7.46. The van der Waals surface area contributed by atoms with Gasteiger partial charge in [-0.3, -0.25) is 4.79 Å². The normalized spacial score (nSPS) is 11.3. The number of amides is 1. The van der Waals surface area contributed by atoms with Gasteiger partial charge in [0.1, 0.15) is 5.42 Å². The van der Waals surface area contributed by atoms with Crippen LogP contribution >= 0.6 is 0 Å². The lowest BCUT2D eigenvalue weighted by Crippen LogP contribution is -2.17. The molecule has 1 N–H and O–H groups in total. The van der Waals surface area contributed by atoms with Crippen LogP contribution in [0, 0.1) is 0 Å². The van der Waals surface area contributed by atoms with Gasteiger partial charge in [-0.05, 0) is 6.07 Å². The second-order valence-corrected chi connectivity index (χ2v) is 2.47. The Bertz CT molecular complexity index is 428. The second kappa shape index (κ2) is 3.76. The first-order valence-corrected chi connectivity index (χ1v) is 3.82. The molecule has 1 aromatic rings. The van der Waals surface area contributed by atoms with Gasteiger partial charge in [0.15, 0.2) is 5.76 Å². The molecule has 0 aromatic carbocycles. The van der Waals surface area contributed by atoms with Crippen LogP contribution in [-0.4, -0.2) is 13.0 Å². The topological polar surface area (TPSA) is 42.2 Å². The minimum atomic E-state index is -0.256. The molecule has 0 aliphatic rings. The van der Waals surface area contributed by atoms with E-state index >= 15 is 0 Å². The SMILES string of the molecule is C=C/C=c1/cc(C(=O)NC)oc1=C. The molecule has 0 aliphatic heterocycles. The third-order valence-electron chi connectivity index (χ3n) is 1.59. The molecule has 1 heterocycles. The molecule has 0 saturated carbocycles. The zero-order valence-corrected chi connectivity index (χ0v) is 7.46. The fourth-order valence-electron chi connectivity index (χ4n) is 0.946. The third kappa shape index (κ3) is 1.87. The molecule has 1 aromatic heterocycles. The van der Waals surface area contributed by atoms with Crippen molar-refractivity contribution in [2.24, 2.45) is 0 Å². The molecule has 0 fully saturated rings. The highest BCUT2D eigenvalue weighted by Crippen LogP contribution is 1.89. The van der Waals surface area contributed by atoms with Gasteiger partial charge in [-0.2, -0.15) is 0 Å². The first kappa shape index (κ1) is 9.32. The first-order valence-electron chi connectivity index (χ1n) is 3.82. The van der Waals surface area contributed by atoms with Gasteiger partial charge in [-0.1, -0.05) is 25.3 Å². The standard InChI is InChI=1S/C10H11NO2/c1-4-5-8-6-9(10(12)11-3)13-7(8)2/h4-6H,1-2H2,3H3,(H,11,12)/b8-5-. The molecule has 0 aliphatic carbocycles. The number of hydrogen-bond donors (Lipinski definition) is 1. The second-order valence-electron chi connectivity index (χ2n) is 2.47. The monoisotopic (exact) mass is 177 g/mol. The molecule has 13 heavy (non-hydrogen) atoms. The van der Waals surface area contributed by atoms with Gasteiger partial charge in [0.2, 0.25) is 0 Å². The van der Waals surface area contributed by atoms with Crippen LogP contribution in [0.5, 0.6) is 0 Å². The lowest BCUT2D eigenvalue weighted by molar-refractivity contribution is 0.0934. The highest BCUT2D eigenvalue weighted by atomic mass is 16.3. The fraction of sp³-hybridized carbons (Fsp3) is 0.100. The molecule has 0 atom stereocenters. The van der Waals surface area contributed by atoms with E-state index in [-0.39, 0.29) is 11.7 Å². The number of nitrogens with one attached hydrogen (secondary N) is 1. The summed E-state index contributed by atoms with van der Waals surface area (Å²) in [5.74, 6) is 0.00853. The van der Waals surface area contributed by atoms with Crippen LogP contribution < -0.4 is 16.0 Å². The van der Waals surface area contributed by atoms with Crippen LogP contribution in [0.4, 0.5) is 0 Å². The number of rotatable bonds is 2. The quantitative estimate of drug-likeness (QED) is 0.691. The van der Waals surface area contributed by atoms with E-state index in [2.05, 4.69) is 18.5 Å². The summed E-state index contributed by atoms with van der Waals surface area (Å²) in [5, 5.41) is 3.24. The van der Waals surface area contributed by atoms with E-state index in [4.69, 9.17) is 4.42 Å². The van der Waals surface area contributed by atoms with E-state index in [9.17, 15) is 4.79 Å². The third-order valence-corrected chi connectivity index (χ3v) is 1.59. The molecule has 0 unspecified atom stereocenters. The summed E-state index contributed by atoms with van der Waals surface area (Å²) >= 11 is 0. The van der Waals surface area contributed by atoms with E-state index in [1.54, 1.807) is 25.3 Å². The Morgan fingerprint density at radius 2 is 2.38 bits per heavy atom. The summed E-state index contributed by atoms with van der Waals surface area (Å²) in [5.41, 5.74) is 0.471. The van der Waals surface area contributed by atoms with Crippen molar-refractivity contribution in [2.45, 2.75) is 0 Å². The lowest BCUT2D eigenvalue weighted by Gasteiger charge is -1.90. The van der Waals surface area contributed by atoms with Crippen molar-refractivity contribution in [3.63, 3.8) is 0 Å². The number of carbonyl (C=O) groups excluding carboxylic acids is 1. The summed E-state index contributed by atoms with van der Waals surface area (Å²) < 4.78 is 5.12. The van der Waals surface area contributed by atoms with Crippen LogP contribution in [-0.2, 0) is 0 Å². The van der Waals surface area contributed by atoms with E-state index in [0.29, 0.717) is 5.42 Å². The molecule has 0 saturated heterocycles. The Balaban J connectivity index is 3.24. The average Bonchev–Trinajstić information content (AvgIpc) is 2.47. The van der Waals surface area contributed by atoms with E-state index < -0.39 is 0 Å². The molecule has 0 spiro atoms. The summed E-state index contributed by atoms with van der Waals surface area (Å²) in [6.07, 6.45) is 3.35. The van der Waals surface area contributed by atoms with E-state index in [1.165, 1.54) is 0 Å². The summed E-state index contributed by atoms with van der Waals surface area (Å²) in [7, 11) is 1.55. The van der Waals surface area contributed by atoms with E-state index in [0.717, 1.165) is 5.22 Å². The lowest BCUT2D eigenvalue weighted by atomic mass is 10.3. The van der Waals surface area contributed by atoms with Crippen LogP contribution in [0.25, 0.3) is 12.7 Å². The predicted octanol–water partition coefficient (Wildman–Crippen LogP) is 0.0160. The maximum atomic E-state index is 11.1. The van der Waals surface area contributed by atoms with Crippen LogP contribution in [0.15, 0.2) is 23.1 Å². The number of furan rings is 1. The molecule has 68 valence electrons. The molecule has 1 amide bonds. The number of allylic oxidation sites excluding steroid dienone is 1. The van der Waals surface area contributed by atoms with Crippen LogP contribution in [0.3, 0.4) is 0 Å². The summed E-state index contributed by atoms with van der Waals surface area (Å²) in [6.45, 7) is 7.20. The Labute approximate surface area is 76.1 Å².